The Bertz CT molecular complexity index is 1520. The Morgan fingerprint density at radius 3 is 2.42 bits per heavy atom. The lowest BCUT2D eigenvalue weighted by Gasteiger charge is -2.22. The Hall–Kier alpha value is -4.83. The number of hydroxylamine groups is 1. The molecule has 10 nitrogen and oxygen atoms in total. The van der Waals surface area contributed by atoms with Crippen LogP contribution in [-0.4, -0.2) is 47.6 Å². The van der Waals surface area contributed by atoms with Crippen LogP contribution in [-0.2, 0) is 33.6 Å². The molecule has 226 valence electrons. The van der Waals surface area contributed by atoms with E-state index in [1.54, 1.807) is 12.6 Å². The molecule has 0 radical (unpaired) electrons. The fourth-order valence-electron chi connectivity index (χ4n) is 5.16. The van der Waals surface area contributed by atoms with Gasteiger partial charge in [0, 0.05) is 48.1 Å². The molecule has 3 amide bonds. The van der Waals surface area contributed by atoms with Gasteiger partial charge in [0.1, 0.15) is 11.8 Å². The lowest BCUT2D eigenvalue weighted by atomic mass is 9.94. The Balaban J connectivity index is 1.46. The topological polar surface area (TPSA) is 159 Å². The summed E-state index contributed by atoms with van der Waals surface area (Å²) in [6, 6.07) is 22.0. The lowest BCUT2D eigenvalue weighted by Crippen LogP contribution is -2.50. The molecule has 3 aromatic carbocycles. The molecule has 10 heteroatoms. The third kappa shape index (κ3) is 8.83. The van der Waals surface area contributed by atoms with Gasteiger partial charge in [0.2, 0.25) is 17.7 Å². The predicted octanol–water partition coefficient (Wildman–Crippen LogP) is 3.68. The molecule has 4 aromatic rings. The number of nitrogens with one attached hydrogen (secondary N) is 4. The number of H-pyrrole nitrogens is 1. The summed E-state index contributed by atoms with van der Waals surface area (Å²) in [6.45, 7) is 0.339. The molecule has 0 saturated carbocycles. The normalized spacial score (nSPS) is 12.3. The number of nitrogens with two attached hydrogens (primary N) is 1. The molecule has 0 aliphatic heterocycles. The molecule has 0 unspecified atom stereocenters. The molecule has 0 saturated heterocycles. The van der Waals surface area contributed by atoms with Crippen molar-refractivity contribution in [2.45, 2.75) is 44.6 Å². The fourth-order valence-corrected chi connectivity index (χ4v) is 5.16. The minimum Gasteiger partial charge on any atom is -0.497 e. The number of carbonyl (C=O) groups excluding carboxylic acids is 3. The number of hydrogen-bond donors (Lipinski definition) is 6. The summed E-state index contributed by atoms with van der Waals surface area (Å²) in [5.41, 5.74) is 12.1. The standard InChI is InChI=1S/C33H39N5O5/c1-43-26-15-13-22(14-16-26)7-6-9-24(20-31(39)38-42)32(40)37-30(19-25-21-36-29-12-5-3-10-27(25)29)33(41)35-18-17-23-8-2-4-11-28(23)34/h2-5,8,10-16,21,24,30,36,42H,6-7,9,17-20,34H2,1H3,(H,35,41)(H,37,40)(H,38,39)/t24-,30+/m0/s1. The van der Waals surface area contributed by atoms with E-state index in [9.17, 15) is 14.4 Å². The summed E-state index contributed by atoms with van der Waals surface area (Å²) < 4.78 is 5.21. The first kappa shape index (κ1) is 31.1. The molecular formula is C33H39N5O5. The second-order valence-corrected chi connectivity index (χ2v) is 10.5. The quantitative estimate of drug-likeness (QED) is 0.0710. The minimum absolute atomic E-state index is 0.209. The van der Waals surface area contributed by atoms with Crippen LogP contribution >= 0.6 is 0 Å². The van der Waals surface area contributed by atoms with Crippen LogP contribution < -0.4 is 26.6 Å². The van der Waals surface area contributed by atoms with Crippen LogP contribution in [0.5, 0.6) is 5.75 Å². The molecule has 4 rings (SSSR count). The molecule has 0 bridgehead atoms. The number of aromatic nitrogens is 1. The van der Waals surface area contributed by atoms with Crippen molar-refractivity contribution in [3.8, 4) is 5.75 Å². The summed E-state index contributed by atoms with van der Waals surface area (Å²) in [4.78, 5) is 42.4. The second-order valence-electron chi connectivity index (χ2n) is 10.5. The van der Waals surface area contributed by atoms with Crippen molar-refractivity contribution in [1.82, 2.24) is 21.1 Å². The molecular weight excluding hydrogens is 546 g/mol. The largest absolute Gasteiger partial charge is 0.497 e. The molecule has 0 aliphatic carbocycles. The minimum atomic E-state index is -0.888. The first-order chi connectivity index (χ1) is 20.9. The van der Waals surface area contributed by atoms with Crippen LogP contribution in [0, 0.1) is 5.92 Å². The van der Waals surface area contributed by atoms with Crippen molar-refractivity contribution in [2.24, 2.45) is 5.92 Å². The number of carbonyl (C=O) groups is 3. The van der Waals surface area contributed by atoms with E-state index in [1.807, 2.05) is 79.0 Å². The fraction of sp³-hybridized carbons (Fsp3) is 0.303. The van der Waals surface area contributed by atoms with E-state index in [4.69, 9.17) is 15.7 Å². The second kappa shape index (κ2) is 15.4. The van der Waals surface area contributed by atoms with Crippen LogP contribution in [0.1, 0.15) is 36.0 Å². The number of fused-ring (bicyclic) bond motifs is 1. The first-order valence-electron chi connectivity index (χ1n) is 14.4. The van der Waals surface area contributed by atoms with Gasteiger partial charge in [0.25, 0.3) is 0 Å². The van der Waals surface area contributed by atoms with Crippen LogP contribution in [0.15, 0.2) is 79.0 Å². The van der Waals surface area contributed by atoms with Gasteiger partial charge in [-0.2, -0.15) is 0 Å². The summed E-state index contributed by atoms with van der Waals surface area (Å²) in [6.07, 6.45) is 4.13. The van der Waals surface area contributed by atoms with Crippen LogP contribution in [0.4, 0.5) is 5.69 Å². The number of methoxy groups -OCH3 is 1. The molecule has 43 heavy (non-hydrogen) atoms. The lowest BCUT2D eigenvalue weighted by molar-refractivity contribution is -0.136. The van der Waals surface area contributed by atoms with E-state index in [1.165, 1.54) is 0 Å². The molecule has 0 aliphatic rings. The Labute approximate surface area is 251 Å². The van der Waals surface area contributed by atoms with Gasteiger partial charge in [-0.15, -0.1) is 0 Å². The maximum Gasteiger partial charge on any atom is 0.244 e. The number of aryl methyl sites for hydroxylation is 1. The van der Waals surface area contributed by atoms with Crippen LogP contribution in [0.25, 0.3) is 10.9 Å². The van der Waals surface area contributed by atoms with Crippen LogP contribution in [0.3, 0.4) is 0 Å². The average molecular weight is 586 g/mol. The number of hydrogen-bond acceptors (Lipinski definition) is 6. The molecule has 2 atom stereocenters. The number of nitrogen functional groups attached to an aromatic ring is 1. The van der Waals surface area contributed by atoms with Gasteiger partial charge in [-0.25, -0.2) is 5.48 Å². The number of para-hydroxylation sites is 2. The van der Waals surface area contributed by atoms with Gasteiger partial charge in [0.05, 0.1) is 7.11 Å². The molecule has 1 heterocycles. The highest BCUT2D eigenvalue weighted by molar-refractivity contribution is 5.91. The zero-order valence-electron chi connectivity index (χ0n) is 24.3. The highest BCUT2D eigenvalue weighted by Gasteiger charge is 2.28. The summed E-state index contributed by atoms with van der Waals surface area (Å²) in [5.74, 6) is -1.41. The maximum absolute atomic E-state index is 13.6. The summed E-state index contributed by atoms with van der Waals surface area (Å²) >= 11 is 0. The van der Waals surface area contributed by atoms with Crippen molar-refractivity contribution in [3.63, 3.8) is 0 Å². The number of anilines is 1. The van der Waals surface area contributed by atoms with Gasteiger partial charge in [-0.3, -0.25) is 19.6 Å². The van der Waals surface area contributed by atoms with Crippen LogP contribution in [0.2, 0.25) is 0 Å². The number of benzene rings is 3. The summed E-state index contributed by atoms with van der Waals surface area (Å²) in [5, 5.41) is 16.0. The smallest absolute Gasteiger partial charge is 0.244 e. The highest BCUT2D eigenvalue weighted by Crippen LogP contribution is 2.21. The number of ether oxygens (including phenoxy) is 1. The first-order valence-corrected chi connectivity index (χ1v) is 14.4. The number of aromatic amines is 1. The van der Waals surface area contributed by atoms with E-state index in [0.29, 0.717) is 37.9 Å². The SMILES string of the molecule is COc1ccc(CCC[C@@H](CC(=O)NO)C(=O)N[C@H](Cc2c[nH]c3ccccc23)C(=O)NCCc2ccccc2N)cc1. The zero-order valence-corrected chi connectivity index (χ0v) is 24.3. The zero-order chi connectivity index (χ0) is 30.6. The van der Waals surface area contributed by atoms with Gasteiger partial charge >= 0.3 is 0 Å². The summed E-state index contributed by atoms with van der Waals surface area (Å²) in [7, 11) is 1.61. The van der Waals surface area contributed by atoms with E-state index in [0.717, 1.165) is 33.3 Å². The third-order valence-electron chi connectivity index (χ3n) is 7.58. The van der Waals surface area contributed by atoms with E-state index in [-0.39, 0.29) is 18.7 Å². The van der Waals surface area contributed by atoms with Gasteiger partial charge < -0.3 is 26.1 Å². The van der Waals surface area contributed by atoms with Crippen molar-refractivity contribution in [3.05, 3.63) is 95.7 Å². The Kier molecular flexibility index (Phi) is 11.2. The van der Waals surface area contributed by atoms with Gasteiger partial charge in [-0.05, 0) is 66.6 Å². The highest BCUT2D eigenvalue weighted by atomic mass is 16.5. The Morgan fingerprint density at radius 2 is 1.67 bits per heavy atom. The van der Waals surface area contributed by atoms with Crippen molar-refractivity contribution < 1.29 is 24.3 Å². The average Bonchev–Trinajstić information content (AvgIpc) is 3.43. The predicted molar refractivity (Wildman–Crippen MR) is 165 cm³/mol. The molecule has 7 N–H and O–H groups in total. The maximum atomic E-state index is 13.6. The van der Waals surface area contributed by atoms with Gasteiger partial charge in [-0.1, -0.05) is 48.5 Å². The van der Waals surface area contributed by atoms with E-state index in [2.05, 4.69) is 15.6 Å². The third-order valence-corrected chi connectivity index (χ3v) is 7.58. The molecule has 0 spiro atoms. The monoisotopic (exact) mass is 585 g/mol. The van der Waals surface area contributed by atoms with E-state index >= 15 is 0 Å². The van der Waals surface area contributed by atoms with Crippen molar-refractivity contribution in [1.29, 1.82) is 0 Å². The van der Waals surface area contributed by atoms with Gasteiger partial charge in [0.15, 0.2) is 0 Å². The number of rotatable bonds is 15. The number of amides is 3. The van der Waals surface area contributed by atoms with Crippen molar-refractivity contribution >= 4 is 34.3 Å². The molecule has 1 aromatic heterocycles. The van der Waals surface area contributed by atoms with Crippen molar-refractivity contribution in [2.75, 3.05) is 19.4 Å². The van der Waals surface area contributed by atoms with E-state index < -0.39 is 23.8 Å². The molecule has 0 fully saturated rings. The Morgan fingerprint density at radius 1 is 0.930 bits per heavy atom.